The van der Waals surface area contributed by atoms with Gasteiger partial charge in [0, 0.05) is 50.0 Å². The Kier molecular flexibility index (Phi) is 6.26. The van der Waals surface area contributed by atoms with Crippen LogP contribution in [0.2, 0.25) is 0 Å². The molecule has 11 rings (SSSR count). The highest BCUT2D eigenvalue weighted by Crippen LogP contribution is 2.40. The molecule has 0 atom stereocenters. The van der Waals surface area contributed by atoms with Gasteiger partial charge in [0.05, 0.1) is 31.7 Å². The Labute approximate surface area is 341 Å². The average Bonchev–Trinajstić information content (AvgIpc) is 3.87. The minimum absolute atomic E-state index is 0.0762. The average molecular weight is 735 g/mol. The summed E-state index contributed by atoms with van der Waals surface area (Å²) in [5.41, 5.74) is 9.79. The second kappa shape index (κ2) is 13.6. The lowest BCUT2D eigenvalue weighted by atomic mass is 9.99. The topological polar surface area (TPSA) is 13.1 Å². The van der Waals surface area contributed by atoms with Gasteiger partial charge in [-0.3, -0.25) is 0 Å². The van der Waals surface area contributed by atoms with Crippen molar-refractivity contribution in [2.45, 2.75) is 0 Å². The van der Waals surface area contributed by atoms with Crippen LogP contribution in [0.5, 0.6) is 0 Å². The molecule has 3 nitrogen and oxygen atoms in total. The fourth-order valence-corrected chi connectivity index (χ4v) is 8.11. The van der Waals surface area contributed by atoms with Gasteiger partial charge in [0.1, 0.15) is 0 Å². The molecule has 0 N–H and O–H groups in total. The highest BCUT2D eigenvalue weighted by atomic mass is 15.1. The van der Waals surface area contributed by atoms with Crippen LogP contribution in [-0.2, 0) is 0 Å². The molecule has 0 aliphatic carbocycles. The van der Waals surface area contributed by atoms with E-state index < -0.39 is 12.1 Å². The van der Waals surface area contributed by atoms with Crippen LogP contribution in [0.4, 0.5) is 17.1 Å². The van der Waals surface area contributed by atoms with Gasteiger partial charge in [0.15, 0.2) is 0 Å². The number of rotatable bonds is 7. The Morgan fingerprint density at radius 3 is 1.37 bits per heavy atom. The molecular formula is C54H37N3. The van der Waals surface area contributed by atoms with Crippen LogP contribution in [0.3, 0.4) is 0 Å². The first-order chi connectivity index (χ1) is 31.2. The van der Waals surface area contributed by atoms with Crippen molar-refractivity contribution in [2.75, 3.05) is 4.90 Å². The summed E-state index contributed by atoms with van der Waals surface area (Å²) in [7, 11) is 0. The standard InChI is InChI=1S/C54H37N3/c1-5-15-42(16-6-1)55(43-17-7-2-8-18-43)46-30-25-38(26-31-46)39-27-32-53-49(35-39)50-37-41(29-34-54(50)57(53)45-21-11-4-12-22-45)40-28-33-52-48(36-40)47-23-13-14-24-51(47)56(52)44-19-9-3-10-20-44/h1-37H/i13D,14D,23D,24D,28D,33D,36D. The molecule has 0 unspecified atom stereocenters. The lowest BCUT2D eigenvalue weighted by molar-refractivity contribution is 1.18. The SMILES string of the molecule is [2H]c1c([2H])c([2H])c2c(c1[2H])c1c([2H])c(-c3ccc4c(c3)c3cc(-c5ccc(N(c6ccccc6)c6ccccc6)cc5)ccc3n4-c3ccccc3)c([2H])c([2H])c1n2-c1ccccc1. The Morgan fingerprint density at radius 2 is 0.789 bits per heavy atom. The molecular weight excluding hydrogens is 691 g/mol. The van der Waals surface area contributed by atoms with Crippen molar-refractivity contribution < 1.29 is 9.60 Å². The van der Waals surface area contributed by atoms with Crippen LogP contribution < -0.4 is 4.90 Å². The van der Waals surface area contributed by atoms with Gasteiger partial charge in [-0.1, -0.05) is 121 Å². The smallest absolute Gasteiger partial charge is 0.0645 e. The second-order valence-corrected chi connectivity index (χ2v) is 14.1. The molecule has 57 heavy (non-hydrogen) atoms. The van der Waals surface area contributed by atoms with Crippen LogP contribution in [0, 0.1) is 0 Å². The summed E-state index contributed by atoms with van der Waals surface area (Å²) in [6.07, 6.45) is 0. The molecule has 2 heterocycles. The van der Waals surface area contributed by atoms with Crippen molar-refractivity contribution in [3.8, 4) is 33.6 Å². The molecule has 268 valence electrons. The van der Waals surface area contributed by atoms with E-state index in [-0.39, 0.29) is 57.6 Å². The minimum Gasteiger partial charge on any atom is -0.311 e. The van der Waals surface area contributed by atoms with Crippen molar-refractivity contribution in [1.29, 1.82) is 0 Å². The summed E-state index contributed by atoms with van der Waals surface area (Å²) < 4.78 is 67.8. The van der Waals surface area contributed by atoms with Gasteiger partial charge >= 0.3 is 0 Å². The lowest BCUT2D eigenvalue weighted by Crippen LogP contribution is -2.09. The molecule has 2 aromatic heterocycles. The molecule has 0 amide bonds. The second-order valence-electron chi connectivity index (χ2n) is 14.1. The zero-order chi connectivity index (χ0) is 43.8. The number of fused-ring (bicyclic) bond motifs is 6. The Morgan fingerprint density at radius 1 is 0.333 bits per heavy atom. The molecule has 0 aliphatic rings. The molecule has 0 saturated heterocycles. The van der Waals surface area contributed by atoms with Crippen LogP contribution >= 0.6 is 0 Å². The molecule has 9 aromatic carbocycles. The number of benzene rings is 9. The molecule has 11 aromatic rings. The number of nitrogens with zero attached hydrogens (tertiary/aromatic N) is 3. The lowest BCUT2D eigenvalue weighted by Gasteiger charge is -2.25. The summed E-state index contributed by atoms with van der Waals surface area (Å²) in [5.74, 6) is 0. The van der Waals surface area contributed by atoms with Crippen molar-refractivity contribution in [3.05, 3.63) is 224 Å². The first kappa shape index (κ1) is 26.2. The first-order valence-corrected chi connectivity index (χ1v) is 19.0. The van der Waals surface area contributed by atoms with Gasteiger partial charge < -0.3 is 14.0 Å². The zero-order valence-electron chi connectivity index (χ0n) is 37.7. The molecule has 0 bridgehead atoms. The quantitative estimate of drug-likeness (QED) is 0.159. The van der Waals surface area contributed by atoms with E-state index in [0.717, 1.165) is 55.7 Å². The number of hydrogen-bond donors (Lipinski definition) is 0. The first-order valence-electron chi connectivity index (χ1n) is 22.5. The maximum Gasteiger partial charge on any atom is 0.0645 e. The Bertz CT molecular complexity index is 3570. The van der Waals surface area contributed by atoms with Gasteiger partial charge in [-0.05, 0) is 125 Å². The van der Waals surface area contributed by atoms with Crippen LogP contribution in [-0.4, -0.2) is 9.13 Å². The number of para-hydroxylation sites is 5. The van der Waals surface area contributed by atoms with E-state index in [1.165, 1.54) is 0 Å². The highest BCUT2D eigenvalue weighted by molar-refractivity contribution is 6.13. The van der Waals surface area contributed by atoms with Crippen molar-refractivity contribution in [2.24, 2.45) is 0 Å². The normalized spacial score (nSPS) is 13.2. The van der Waals surface area contributed by atoms with E-state index >= 15 is 0 Å². The fourth-order valence-electron chi connectivity index (χ4n) is 8.11. The van der Waals surface area contributed by atoms with Gasteiger partial charge in [0.25, 0.3) is 0 Å². The summed E-state index contributed by atoms with van der Waals surface area (Å²) in [5, 5.41) is 2.22. The third-order valence-corrected chi connectivity index (χ3v) is 10.7. The monoisotopic (exact) mass is 734 g/mol. The van der Waals surface area contributed by atoms with Crippen LogP contribution in [0.1, 0.15) is 9.60 Å². The van der Waals surface area contributed by atoms with E-state index in [2.05, 4.69) is 88.3 Å². The van der Waals surface area contributed by atoms with Gasteiger partial charge in [-0.2, -0.15) is 0 Å². The maximum absolute atomic E-state index is 9.80. The summed E-state index contributed by atoms with van der Waals surface area (Å²) >= 11 is 0. The predicted octanol–water partition coefficient (Wildman–Crippen LogP) is 14.7. The molecule has 0 saturated carbocycles. The number of anilines is 3. The van der Waals surface area contributed by atoms with E-state index in [0.29, 0.717) is 11.3 Å². The molecule has 0 radical (unpaired) electrons. The molecule has 3 heteroatoms. The highest BCUT2D eigenvalue weighted by Gasteiger charge is 2.18. The van der Waals surface area contributed by atoms with Crippen molar-refractivity contribution >= 4 is 60.7 Å². The third-order valence-electron chi connectivity index (χ3n) is 10.7. The Hall–Kier alpha value is -7.62. The molecule has 0 spiro atoms. The van der Waals surface area contributed by atoms with E-state index in [1.54, 1.807) is 16.7 Å². The number of aromatic nitrogens is 2. The summed E-state index contributed by atoms with van der Waals surface area (Å²) in [6.45, 7) is 0. The fraction of sp³-hybridized carbons (Fsp3) is 0. The summed E-state index contributed by atoms with van der Waals surface area (Å²) in [4.78, 5) is 2.23. The van der Waals surface area contributed by atoms with Crippen LogP contribution in [0.25, 0.3) is 77.2 Å². The third kappa shape index (κ3) is 5.60. The van der Waals surface area contributed by atoms with E-state index in [9.17, 15) is 4.11 Å². The van der Waals surface area contributed by atoms with Gasteiger partial charge in [0.2, 0.25) is 0 Å². The van der Waals surface area contributed by atoms with Crippen molar-refractivity contribution in [3.63, 3.8) is 0 Å². The minimum atomic E-state index is -0.419. The van der Waals surface area contributed by atoms with Gasteiger partial charge in [-0.25, -0.2) is 0 Å². The van der Waals surface area contributed by atoms with Crippen molar-refractivity contribution in [1.82, 2.24) is 9.13 Å². The number of hydrogen-bond acceptors (Lipinski definition) is 1. The Balaban J connectivity index is 1.12. The van der Waals surface area contributed by atoms with Gasteiger partial charge in [-0.15, -0.1) is 0 Å². The molecule has 0 aliphatic heterocycles. The maximum atomic E-state index is 9.80. The predicted molar refractivity (Wildman–Crippen MR) is 241 cm³/mol. The van der Waals surface area contributed by atoms with Crippen LogP contribution in [0.15, 0.2) is 224 Å². The van der Waals surface area contributed by atoms with E-state index in [1.807, 2.05) is 91.0 Å². The summed E-state index contributed by atoms with van der Waals surface area (Å²) in [6, 6.07) is 58.9. The largest absolute Gasteiger partial charge is 0.311 e. The van der Waals surface area contributed by atoms with E-state index in [4.69, 9.17) is 5.48 Å². The molecule has 0 fully saturated rings. The zero-order valence-corrected chi connectivity index (χ0v) is 30.7.